The van der Waals surface area contributed by atoms with E-state index in [-0.39, 0.29) is 0 Å². The van der Waals surface area contributed by atoms with Crippen LogP contribution < -0.4 is 0 Å². The van der Waals surface area contributed by atoms with Crippen molar-refractivity contribution in [2.75, 3.05) is 0 Å². The molecule has 3 aromatic heterocycles. The SMILES string of the molecule is c1ccc(-c2cccc(-c3nc(-c4ccccc4)nc(-c4ccc(-n5c6ccccc6c6cc7c(cc65)c5ccccc5n7-c5ccccc5)cc4)n3)c2)cc1. The summed E-state index contributed by atoms with van der Waals surface area (Å²) in [5.74, 6) is 1.90. The van der Waals surface area contributed by atoms with Gasteiger partial charge in [0.2, 0.25) is 0 Å². The van der Waals surface area contributed by atoms with Crippen molar-refractivity contribution in [1.29, 1.82) is 0 Å². The summed E-state index contributed by atoms with van der Waals surface area (Å²) in [5.41, 5.74) is 12.0. The Hall–Kier alpha value is -7.63. The fourth-order valence-corrected chi connectivity index (χ4v) is 8.14. The zero-order valence-corrected chi connectivity index (χ0v) is 30.3. The molecule has 0 N–H and O–H groups in total. The van der Waals surface area contributed by atoms with Crippen LogP contribution in [-0.4, -0.2) is 24.1 Å². The van der Waals surface area contributed by atoms with Gasteiger partial charge in [-0.3, -0.25) is 0 Å². The monoisotopic (exact) mass is 715 g/mol. The molecule has 3 heterocycles. The molecule has 56 heavy (non-hydrogen) atoms. The smallest absolute Gasteiger partial charge is 0.164 e. The lowest BCUT2D eigenvalue weighted by Crippen LogP contribution is -2.00. The van der Waals surface area contributed by atoms with Crippen molar-refractivity contribution in [2.24, 2.45) is 0 Å². The van der Waals surface area contributed by atoms with Crippen molar-refractivity contribution >= 4 is 43.6 Å². The number of hydrogen-bond donors (Lipinski definition) is 0. The van der Waals surface area contributed by atoms with E-state index < -0.39 is 0 Å². The molecule has 0 aliphatic rings. The third kappa shape index (κ3) is 5.29. The average Bonchev–Trinajstić information content (AvgIpc) is 3.78. The van der Waals surface area contributed by atoms with Crippen LogP contribution in [0.15, 0.2) is 200 Å². The largest absolute Gasteiger partial charge is 0.309 e. The van der Waals surface area contributed by atoms with Gasteiger partial charge in [-0.1, -0.05) is 133 Å². The average molecular weight is 716 g/mol. The second kappa shape index (κ2) is 13.0. The highest BCUT2D eigenvalue weighted by molar-refractivity contribution is 6.19. The summed E-state index contributed by atoms with van der Waals surface area (Å²) in [4.78, 5) is 15.1. The molecule has 5 heteroatoms. The first-order valence-corrected chi connectivity index (χ1v) is 18.9. The maximum atomic E-state index is 5.09. The van der Waals surface area contributed by atoms with Crippen molar-refractivity contribution in [2.45, 2.75) is 0 Å². The summed E-state index contributed by atoms with van der Waals surface area (Å²) in [6.45, 7) is 0. The van der Waals surface area contributed by atoms with Gasteiger partial charge in [0.1, 0.15) is 0 Å². The molecule has 5 nitrogen and oxygen atoms in total. The fraction of sp³-hybridized carbons (Fsp3) is 0. The first-order valence-electron chi connectivity index (χ1n) is 18.9. The van der Waals surface area contributed by atoms with Crippen LogP contribution in [0.25, 0.3) is 100 Å². The highest BCUT2D eigenvalue weighted by Crippen LogP contribution is 2.40. The van der Waals surface area contributed by atoms with Gasteiger partial charge in [0.15, 0.2) is 17.5 Å². The normalized spacial score (nSPS) is 11.6. The third-order valence-corrected chi connectivity index (χ3v) is 10.8. The third-order valence-electron chi connectivity index (χ3n) is 10.8. The summed E-state index contributed by atoms with van der Waals surface area (Å²) >= 11 is 0. The van der Waals surface area contributed by atoms with Crippen molar-refractivity contribution in [3.05, 3.63) is 200 Å². The first-order chi connectivity index (χ1) is 27.8. The van der Waals surface area contributed by atoms with E-state index in [0.717, 1.165) is 50.2 Å². The van der Waals surface area contributed by atoms with Crippen molar-refractivity contribution in [3.8, 4) is 56.7 Å². The number of fused-ring (bicyclic) bond motifs is 6. The predicted octanol–water partition coefficient (Wildman–Crippen LogP) is 12.7. The molecule has 0 bridgehead atoms. The van der Waals surface area contributed by atoms with Gasteiger partial charge in [0.05, 0.1) is 22.1 Å². The summed E-state index contributed by atoms with van der Waals surface area (Å²) in [6, 6.07) is 70.3. The van der Waals surface area contributed by atoms with Crippen LogP contribution in [0.3, 0.4) is 0 Å². The Morgan fingerprint density at radius 3 is 1.23 bits per heavy atom. The van der Waals surface area contributed by atoms with Gasteiger partial charge in [-0.15, -0.1) is 0 Å². The van der Waals surface area contributed by atoms with Gasteiger partial charge in [0.25, 0.3) is 0 Å². The second-order valence-electron chi connectivity index (χ2n) is 14.1. The minimum absolute atomic E-state index is 0.628. The molecule has 0 spiro atoms. The van der Waals surface area contributed by atoms with Gasteiger partial charge in [-0.25, -0.2) is 15.0 Å². The molecular formula is C51H33N5. The number of rotatable bonds is 6. The van der Waals surface area contributed by atoms with E-state index in [1.165, 1.54) is 32.6 Å². The standard InChI is InChI=1S/C51H33N5/c1-4-15-34(16-5-1)37-19-14-20-38(31-37)51-53-49(35-17-6-2-7-18-35)52-50(54-51)36-27-29-40(30-28-36)56-46-26-13-11-24-42(46)44-32-47-43(33-48(44)56)41-23-10-12-25-45(41)55(47)39-21-8-3-9-22-39/h1-33H. The summed E-state index contributed by atoms with van der Waals surface area (Å²) in [6.07, 6.45) is 0. The van der Waals surface area contributed by atoms with E-state index in [9.17, 15) is 0 Å². The lowest BCUT2D eigenvalue weighted by atomic mass is 10.0. The second-order valence-corrected chi connectivity index (χ2v) is 14.1. The molecule has 11 aromatic rings. The number of benzene rings is 8. The summed E-state index contributed by atoms with van der Waals surface area (Å²) in [7, 11) is 0. The maximum absolute atomic E-state index is 5.09. The highest BCUT2D eigenvalue weighted by Gasteiger charge is 2.19. The van der Waals surface area contributed by atoms with Gasteiger partial charge in [0, 0.05) is 49.6 Å². The molecule has 262 valence electrons. The Kier molecular flexibility index (Phi) is 7.42. The van der Waals surface area contributed by atoms with E-state index in [4.69, 9.17) is 15.0 Å². The molecule has 0 amide bonds. The molecule has 0 saturated heterocycles. The first kappa shape index (κ1) is 31.9. The van der Waals surface area contributed by atoms with Crippen molar-refractivity contribution in [1.82, 2.24) is 24.1 Å². The van der Waals surface area contributed by atoms with Crippen molar-refractivity contribution in [3.63, 3.8) is 0 Å². The van der Waals surface area contributed by atoms with Crippen LogP contribution in [0, 0.1) is 0 Å². The molecule has 0 saturated carbocycles. The van der Waals surface area contributed by atoms with Crippen LogP contribution in [0.1, 0.15) is 0 Å². The van der Waals surface area contributed by atoms with Gasteiger partial charge in [-0.05, 0) is 77.9 Å². The van der Waals surface area contributed by atoms with Gasteiger partial charge >= 0.3 is 0 Å². The van der Waals surface area contributed by atoms with Crippen LogP contribution in [0.2, 0.25) is 0 Å². The maximum Gasteiger partial charge on any atom is 0.164 e. The van der Waals surface area contributed by atoms with Gasteiger partial charge in [-0.2, -0.15) is 0 Å². The summed E-state index contributed by atoms with van der Waals surface area (Å²) < 4.78 is 4.77. The Morgan fingerprint density at radius 1 is 0.250 bits per heavy atom. The topological polar surface area (TPSA) is 48.5 Å². The van der Waals surface area contributed by atoms with E-state index in [1.54, 1.807) is 0 Å². The fourth-order valence-electron chi connectivity index (χ4n) is 8.14. The zero-order chi connectivity index (χ0) is 37.0. The van der Waals surface area contributed by atoms with E-state index in [0.29, 0.717) is 17.5 Å². The van der Waals surface area contributed by atoms with Gasteiger partial charge < -0.3 is 9.13 Å². The predicted molar refractivity (Wildman–Crippen MR) is 230 cm³/mol. The minimum atomic E-state index is 0.628. The lowest BCUT2D eigenvalue weighted by molar-refractivity contribution is 1.07. The van der Waals surface area contributed by atoms with Crippen molar-refractivity contribution < 1.29 is 0 Å². The Balaban J connectivity index is 1.06. The van der Waals surface area contributed by atoms with Crippen LogP contribution in [-0.2, 0) is 0 Å². The van der Waals surface area contributed by atoms with Crippen LogP contribution >= 0.6 is 0 Å². The van der Waals surface area contributed by atoms with Crippen LogP contribution in [0.5, 0.6) is 0 Å². The Morgan fingerprint density at radius 2 is 0.661 bits per heavy atom. The molecule has 0 fully saturated rings. The number of hydrogen-bond acceptors (Lipinski definition) is 3. The Bertz CT molecular complexity index is 3220. The lowest BCUT2D eigenvalue weighted by Gasteiger charge is -2.11. The number of para-hydroxylation sites is 3. The molecule has 0 unspecified atom stereocenters. The quantitative estimate of drug-likeness (QED) is 0.172. The number of nitrogens with zero attached hydrogens (tertiary/aromatic N) is 5. The highest BCUT2D eigenvalue weighted by atomic mass is 15.0. The molecule has 0 radical (unpaired) electrons. The van der Waals surface area contributed by atoms with Crippen LogP contribution in [0.4, 0.5) is 0 Å². The number of aromatic nitrogens is 5. The molecule has 0 atom stereocenters. The molecular weight excluding hydrogens is 683 g/mol. The van der Waals surface area contributed by atoms with E-state index in [1.807, 2.05) is 36.4 Å². The molecule has 8 aromatic carbocycles. The Labute approximate surface area is 323 Å². The molecule has 0 aliphatic carbocycles. The van der Waals surface area contributed by atoms with E-state index >= 15 is 0 Å². The van der Waals surface area contributed by atoms with E-state index in [2.05, 4.69) is 173 Å². The minimum Gasteiger partial charge on any atom is -0.309 e. The molecule has 11 rings (SSSR count). The molecule has 0 aliphatic heterocycles. The zero-order valence-electron chi connectivity index (χ0n) is 30.3. The summed E-state index contributed by atoms with van der Waals surface area (Å²) in [5, 5.41) is 4.88.